The van der Waals surface area contributed by atoms with E-state index in [0.29, 0.717) is 26.1 Å². The Kier molecular flexibility index (Phi) is 3.03. The van der Waals surface area contributed by atoms with E-state index in [-0.39, 0.29) is 12.3 Å². The highest BCUT2D eigenvalue weighted by atomic mass is 19.1. The Morgan fingerprint density at radius 3 is 3.00 bits per heavy atom. The fourth-order valence-electron chi connectivity index (χ4n) is 1.41. The summed E-state index contributed by atoms with van der Waals surface area (Å²) in [7, 11) is 0. The van der Waals surface area contributed by atoms with E-state index in [1.807, 2.05) is 6.92 Å². The zero-order valence-electron chi connectivity index (χ0n) is 7.32. The maximum absolute atomic E-state index is 13.6. The van der Waals surface area contributed by atoms with Crippen LogP contribution in [0.15, 0.2) is 0 Å². The van der Waals surface area contributed by atoms with Gasteiger partial charge in [-0.3, -0.25) is 4.79 Å². The van der Waals surface area contributed by atoms with Crippen molar-refractivity contribution < 1.29 is 9.18 Å². The molecule has 0 bridgehead atoms. The molecule has 1 heterocycles. The molecule has 1 aliphatic rings. The molecule has 2 N–H and O–H groups in total. The standard InChI is InChI=1S/C8H15FN2O/c1-2-11-7(12)5-8(9)3-4-10-6-8/h10H,2-6H2,1H3,(H,11,12). The van der Waals surface area contributed by atoms with Gasteiger partial charge in [-0.25, -0.2) is 4.39 Å². The maximum Gasteiger partial charge on any atom is 0.223 e. The quantitative estimate of drug-likeness (QED) is 0.642. The molecule has 12 heavy (non-hydrogen) atoms. The van der Waals surface area contributed by atoms with Gasteiger partial charge in [0.15, 0.2) is 0 Å². The highest BCUT2D eigenvalue weighted by Gasteiger charge is 2.35. The highest BCUT2D eigenvalue weighted by molar-refractivity contribution is 5.77. The molecule has 1 atom stereocenters. The molecule has 0 aliphatic carbocycles. The summed E-state index contributed by atoms with van der Waals surface area (Å²) >= 11 is 0. The molecule has 1 saturated heterocycles. The monoisotopic (exact) mass is 174 g/mol. The van der Waals surface area contributed by atoms with Crippen LogP contribution < -0.4 is 10.6 Å². The second-order valence-electron chi connectivity index (χ2n) is 3.21. The molecular formula is C8H15FN2O. The second-order valence-corrected chi connectivity index (χ2v) is 3.21. The highest BCUT2D eigenvalue weighted by Crippen LogP contribution is 2.23. The van der Waals surface area contributed by atoms with Crippen molar-refractivity contribution in [3.63, 3.8) is 0 Å². The van der Waals surface area contributed by atoms with Crippen LogP contribution >= 0.6 is 0 Å². The molecule has 1 rings (SSSR count). The van der Waals surface area contributed by atoms with Gasteiger partial charge < -0.3 is 10.6 Å². The summed E-state index contributed by atoms with van der Waals surface area (Å²) in [5.74, 6) is -0.191. The third-order valence-corrected chi connectivity index (χ3v) is 2.04. The maximum atomic E-state index is 13.6. The number of nitrogens with one attached hydrogen (secondary N) is 2. The molecule has 0 aromatic heterocycles. The topological polar surface area (TPSA) is 41.1 Å². The van der Waals surface area contributed by atoms with Crippen LogP contribution in [0.25, 0.3) is 0 Å². The van der Waals surface area contributed by atoms with Gasteiger partial charge in [-0.15, -0.1) is 0 Å². The fourth-order valence-corrected chi connectivity index (χ4v) is 1.41. The summed E-state index contributed by atoms with van der Waals surface area (Å²) in [6, 6.07) is 0. The summed E-state index contributed by atoms with van der Waals surface area (Å²) in [5, 5.41) is 5.50. The predicted octanol–water partition coefficient (Wildman–Crippen LogP) is 0.214. The van der Waals surface area contributed by atoms with E-state index < -0.39 is 5.67 Å². The lowest BCUT2D eigenvalue weighted by atomic mass is 10.0. The molecular weight excluding hydrogens is 159 g/mol. The van der Waals surface area contributed by atoms with Gasteiger partial charge in [-0.05, 0) is 19.9 Å². The van der Waals surface area contributed by atoms with Crippen LogP contribution in [0.4, 0.5) is 4.39 Å². The minimum absolute atomic E-state index is 0.00611. The van der Waals surface area contributed by atoms with Crippen molar-refractivity contribution in [1.82, 2.24) is 10.6 Å². The van der Waals surface area contributed by atoms with E-state index in [0.717, 1.165) is 0 Å². The zero-order chi connectivity index (χ0) is 9.03. The predicted molar refractivity (Wildman–Crippen MR) is 44.6 cm³/mol. The lowest BCUT2D eigenvalue weighted by Crippen LogP contribution is -2.35. The summed E-state index contributed by atoms with van der Waals surface area (Å²) in [6.07, 6.45) is 0.442. The third-order valence-electron chi connectivity index (χ3n) is 2.04. The van der Waals surface area contributed by atoms with Crippen LogP contribution in [0.2, 0.25) is 0 Å². The van der Waals surface area contributed by atoms with E-state index in [9.17, 15) is 9.18 Å². The molecule has 70 valence electrons. The number of carbonyl (C=O) groups is 1. The number of carbonyl (C=O) groups excluding carboxylic acids is 1. The molecule has 1 fully saturated rings. The molecule has 0 aromatic carbocycles. The van der Waals surface area contributed by atoms with E-state index in [1.165, 1.54) is 0 Å². The van der Waals surface area contributed by atoms with E-state index in [2.05, 4.69) is 10.6 Å². The Morgan fingerprint density at radius 2 is 2.50 bits per heavy atom. The smallest absolute Gasteiger partial charge is 0.223 e. The molecule has 1 unspecified atom stereocenters. The average Bonchev–Trinajstić information content (AvgIpc) is 2.36. The fraction of sp³-hybridized carbons (Fsp3) is 0.875. The van der Waals surface area contributed by atoms with Crippen LogP contribution in [0, 0.1) is 0 Å². The SMILES string of the molecule is CCNC(=O)CC1(F)CCNC1. The van der Waals surface area contributed by atoms with Crippen LogP contribution in [-0.4, -0.2) is 31.2 Å². The van der Waals surface area contributed by atoms with Crippen molar-refractivity contribution >= 4 is 5.91 Å². The van der Waals surface area contributed by atoms with Crippen molar-refractivity contribution in [3.05, 3.63) is 0 Å². The van der Waals surface area contributed by atoms with Crippen molar-refractivity contribution in [2.75, 3.05) is 19.6 Å². The first-order valence-electron chi connectivity index (χ1n) is 4.33. The lowest BCUT2D eigenvalue weighted by Gasteiger charge is -2.16. The van der Waals surface area contributed by atoms with Crippen molar-refractivity contribution in [3.8, 4) is 0 Å². The molecule has 1 amide bonds. The number of rotatable bonds is 3. The molecule has 0 saturated carbocycles. The summed E-state index contributed by atoms with van der Waals surface area (Å²) in [5.41, 5.74) is -1.31. The van der Waals surface area contributed by atoms with Crippen molar-refractivity contribution in [1.29, 1.82) is 0 Å². The van der Waals surface area contributed by atoms with Gasteiger partial charge in [-0.2, -0.15) is 0 Å². The Labute approximate surface area is 71.7 Å². The van der Waals surface area contributed by atoms with E-state index in [4.69, 9.17) is 0 Å². The number of halogens is 1. The van der Waals surface area contributed by atoms with Gasteiger partial charge in [0, 0.05) is 13.1 Å². The summed E-state index contributed by atoms with van der Waals surface area (Å²) in [4.78, 5) is 11.0. The normalized spacial score (nSPS) is 28.8. The average molecular weight is 174 g/mol. The van der Waals surface area contributed by atoms with Gasteiger partial charge in [0.1, 0.15) is 5.67 Å². The van der Waals surface area contributed by atoms with Gasteiger partial charge in [-0.1, -0.05) is 0 Å². The van der Waals surface area contributed by atoms with Crippen LogP contribution in [0.5, 0.6) is 0 Å². The molecule has 1 aliphatic heterocycles. The molecule has 0 aromatic rings. The molecule has 0 spiro atoms. The Hall–Kier alpha value is -0.640. The molecule has 4 heteroatoms. The molecule has 0 radical (unpaired) electrons. The van der Waals surface area contributed by atoms with Gasteiger partial charge in [0.2, 0.25) is 5.91 Å². The first kappa shape index (κ1) is 9.45. The summed E-state index contributed by atoms with van der Waals surface area (Å²) < 4.78 is 13.6. The number of alkyl halides is 1. The van der Waals surface area contributed by atoms with Crippen LogP contribution in [0.3, 0.4) is 0 Å². The van der Waals surface area contributed by atoms with Gasteiger partial charge in [0.25, 0.3) is 0 Å². The van der Waals surface area contributed by atoms with Crippen LogP contribution in [-0.2, 0) is 4.79 Å². The van der Waals surface area contributed by atoms with Crippen LogP contribution in [0.1, 0.15) is 19.8 Å². The Morgan fingerprint density at radius 1 is 1.75 bits per heavy atom. The number of amides is 1. The minimum Gasteiger partial charge on any atom is -0.356 e. The van der Waals surface area contributed by atoms with E-state index >= 15 is 0 Å². The molecule has 3 nitrogen and oxygen atoms in total. The first-order valence-corrected chi connectivity index (χ1v) is 4.33. The summed E-state index contributed by atoms with van der Waals surface area (Å²) in [6.45, 7) is 3.39. The zero-order valence-corrected chi connectivity index (χ0v) is 7.32. The minimum atomic E-state index is -1.31. The van der Waals surface area contributed by atoms with E-state index in [1.54, 1.807) is 0 Å². The largest absolute Gasteiger partial charge is 0.356 e. The Bertz CT molecular complexity index is 166. The number of hydrogen-bond donors (Lipinski definition) is 2. The Balaban J connectivity index is 2.33. The first-order chi connectivity index (χ1) is 5.66. The lowest BCUT2D eigenvalue weighted by molar-refractivity contribution is -0.123. The van der Waals surface area contributed by atoms with Crippen molar-refractivity contribution in [2.45, 2.75) is 25.4 Å². The van der Waals surface area contributed by atoms with Crippen molar-refractivity contribution in [2.24, 2.45) is 0 Å². The second kappa shape index (κ2) is 3.85. The third kappa shape index (κ3) is 2.44. The van der Waals surface area contributed by atoms with Gasteiger partial charge in [0.05, 0.1) is 6.42 Å². The number of hydrogen-bond acceptors (Lipinski definition) is 2. The van der Waals surface area contributed by atoms with Gasteiger partial charge >= 0.3 is 0 Å².